The van der Waals surface area contributed by atoms with Crippen LogP contribution in [0, 0.1) is 28.3 Å². The number of rotatable bonds is 5. The van der Waals surface area contributed by atoms with Crippen LogP contribution < -0.4 is 5.32 Å². The lowest BCUT2D eigenvalue weighted by Gasteiger charge is -2.42. The van der Waals surface area contributed by atoms with Gasteiger partial charge in [-0.05, 0) is 51.7 Å². The van der Waals surface area contributed by atoms with E-state index in [-0.39, 0.29) is 12.0 Å². The molecule has 0 aliphatic carbocycles. The molecule has 3 N–H and O–H groups in total. The minimum Gasteiger partial charge on any atom is -0.444 e. The maximum Gasteiger partial charge on any atom is 0.449 e. The number of piperazine rings is 1. The number of carbonyl (C=O) groups excluding carboxylic acids is 2. The molecule has 0 saturated carbocycles. The minimum atomic E-state index is -4.96. The molecule has 0 aromatic heterocycles. The first kappa shape index (κ1) is 28.3. The Bertz CT molecular complexity index is 1100. The fourth-order valence-corrected chi connectivity index (χ4v) is 4.51. The third-order valence-electron chi connectivity index (χ3n) is 6.03. The molecule has 204 valence electrons. The van der Waals surface area contributed by atoms with E-state index in [9.17, 15) is 35.9 Å². The molecule has 2 heterocycles. The molecule has 1 aromatic rings. The van der Waals surface area contributed by atoms with Crippen LogP contribution in [0.25, 0.3) is 0 Å². The van der Waals surface area contributed by atoms with Gasteiger partial charge < -0.3 is 19.9 Å². The van der Waals surface area contributed by atoms with Crippen molar-refractivity contribution in [3.05, 3.63) is 35.1 Å². The predicted molar refractivity (Wildman–Crippen MR) is 120 cm³/mol. The second-order valence-electron chi connectivity index (χ2n) is 10.00. The van der Waals surface area contributed by atoms with Crippen LogP contribution in [-0.4, -0.2) is 69.9 Å². The molecule has 3 rings (SSSR count). The van der Waals surface area contributed by atoms with Crippen molar-refractivity contribution >= 4 is 23.7 Å². The number of amidine groups is 2. The van der Waals surface area contributed by atoms with E-state index in [4.69, 9.17) is 15.6 Å². The predicted octanol–water partition coefficient (Wildman–Crippen LogP) is 4.12. The van der Waals surface area contributed by atoms with Gasteiger partial charge in [0, 0.05) is 25.1 Å². The van der Waals surface area contributed by atoms with Crippen LogP contribution in [0.3, 0.4) is 0 Å². The van der Waals surface area contributed by atoms with Crippen molar-refractivity contribution in [3.8, 4) is 0 Å². The van der Waals surface area contributed by atoms with Gasteiger partial charge in [0.05, 0.1) is 12.1 Å². The number of hydrogen-bond donors (Lipinski definition) is 3. The van der Waals surface area contributed by atoms with E-state index in [0.29, 0.717) is 23.5 Å². The molecular weight excluding hydrogens is 508 g/mol. The quantitative estimate of drug-likeness (QED) is 0.228. The molecule has 2 aliphatic heterocycles. The number of alkyl halides is 3. The SMILES string of the molecule is CC(C)(C)OC(=O)NC(CC(=O)N1C2CCC1C(=N)N(C(=N)C(F)(F)F)C2)Cc1cc(F)c(F)cc1F. The Morgan fingerprint density at radius 3 is 2.32 bits per heavy atom. The molecular formula is C23H27F6N5O3. The van der Waals surface area contributed by atoms with E-state index in [2.05, 4.69) is 5.32 Å². The Kier molecular flexibility index (Phi) is 7.80. The number of nitrogens with zero attached hydrogens (tertiary/aromatic N) is 2. The molecule has 14 heteroatoms. The number of carbonyl (C=O) groups is 2. The van der Waals surface area contributed by atoms with Crippen LogP contribution in [0.15, 0.2) is 12.1 Å². The number of halogens is 6. The number of benzene rings is 1. The fourth-order valence-electron chi connectivity index (χ4n) is 4.51. The molecule has 0 radical (unpaired) electrons. The van der Waals surface area contributed by atoms with Crippen molar-refractivity contribution < 1.29 is 40.7 Å². The number of nitrogens with one attached hydrogen (secondary N) is 3. The van der Waals surface area contributed by atoms with Gasteiger partial charge in [-0.2, -0.15) is 13.2 Å². The van der Waals surface area contributed by atoms with Gasteiger partial charge >= 0.3 is 12.3 Å². The first-order valence-electron chi connectivity index (χ1n) is 11.4. The highest BCUT2D eigenvalue weighted by atomic mass is 19.4. The lowest BCUT2D eigenvalue weighted by molar-refractivity contribution is -0.134. The lowest BCUT2D eigenvalue weighted by Crippen LogP contribution is -2.62. The summed E-state index contributed by atoms with van der Waals surface area (Å²) < 4.78 is 85.8. The molecule has 3 unspecified atom stereocenters. The van der Waals surface area contributed by atoms with Crippen molar-refractivity contribution in [1.82, 2.24) is 15.1 Å². The smallest absolute Gasteiger partial charge is 0.444 e. The van der Waals surface area contributed by atoms with Crippen molar-refractivity contribution in [3.63, 3.8) is 0 Å². The van der Waals surface area contributed by atoms with Crippen LogP contribution in [-0.2, 0) is 16.0 Å². The van der Waals surface area contributed by atoms with Crippen molar-refractivity contribution in [2.45, 2.75) is 76.4 Å². The van der Waals surface area contributed by atoms with E-state index in [1.54, 1.807) is 20.8 Å². The van der Waals surface area contributed by atoms with Gasteiger partial charge in [0.1, 0.15) is 17.3 Å². The summed E-state index contributed by atoms with van der Waals surface area (Å²) >= 11 is 0. The van der Waals surface area contributed by atoms with Gasteiger partial charge in [-0.25, -0.2) is 18.0 Å². The first-order valence-corrected chi connectivity index (χ1v) is 11.4. The molecule has 8 nitrogen and oxygen atoms in total. The lowest BCUT2D eigenvalue weighted by atomic mass is 10.0. The molecule has 1 aromatic carbocycles. The Labute approximate surface area is 208 Å². The number of alkyl carbamates (subject to hydrolysis) is 1. The van der Waals surface area contributed by atoms with Crippen LogP contribution in [0.4, 0.5) is 31.1 Å². The van der Waals surface area contributed by atoms with Crippen molar-refractivity contribution in [1.29, 1.82) is 10.8 Å². The summed E-state index contributed by atoms with van der Waals surface area (Å²) in [6, 6.07) is -1.94. The second-order valence-corrected chi connectivity index (χ2v) is 10.00. The molecule has 0 spiro atoms. The van der Waals surface area contributed by atoms with Crippen LogP contribution in [0.5, 0.6) is 0 Å². The third kappa shape index (κ3) is 6.52. The zero-order valence-corrected chi connectivity index (χ0v) is 20.3. The number of hydrogen-bond acceptors (Lipinski definition) is 5. The zero-order chi connectivity index (χ0) is 27.9. The maximum absolute atomic E-state index is 14.3. The third-order valence-corrected chi connectivity index (χ3v) is 6.03. The summed E-state index contributed by atoms with van der Waals surface area (Å²) in [6.07, 6.45) is -6.31. The Morgan fingerprint density at radius 2 is 1.73 bits per heavy atom. The molecule has 2 saturated heterocycles. The Morgan fingerprint density at radius 1 is 1.11 bits per heavy atom. The Balaban J connectivity index is 1.81. The largest absolute Gasteiger partial charge is 0.449 e. The van der Waals surface area contributed by atoms with Crippen molar-refractivity contribution in [2.24, 2.45) is 0 Å². The molecule has 3 atom stereocenters. The topological polar surface area (TPSA) is 110 Å². The first-order chi connectivity index (χ1) is 17.0. The normalized spacial score (nSPS) is 20.6. The average Bonchev–Trinajstić information content (AvgIpc) is 3.09. The van der Waals surface area contributed by atoms with Gasteiger partial charge in [0.2, 0.25) is 11.7 Å². The number of likely N-dealkylation sites (tertiary alicyclic amines) is 1. The summed E-state index contributed by atoms with van der Waals surface area (Å²) in [5, 5.41) is 18.0. The molecule has 2 amide bonds. The van der Waals surface area contributed by atoms with Crippen LogP contribution >= 0.6 is 0 Å². The standard InChI is InChI=1S/C23H27F6N5O3/c1-22(2,3)37-21(36)32-12(6-11-7-15(25)16(26)9-14(11)24)8-18(35)34-13-4-5-17(34)19(30)33(10-13)20(31)23(27,28)29/h7,9,12-13,17,30-31H,4-6,8,10H2,1-3H3,(H,32,36). The van der Waals surface area contributed by atoms with E-state index in [0.717, 1.165) is 0 Å². The number of amides is 2. The average molecular weight is 535 g/mol. The van der Waals surface area contributed by atoms with E-state index in [1.807, 2.05) is 0 Å². The fraction of sp³-hybridized carbons (Fsp3) is 0.565. The van der Waals surface area contributed by atoms with Gasteiger partial charge in [0.15, 0.2) is 11.6 Å². The maximum atomic E-state index is 14.3. The summed E-state index contributed by atoms with van der Waals surface area (Å²) in [6.45, 7) is 4.36. The monoisotopic (exact) mass is 535 g/mol. The van der Waals surface area contributed by atoms with Gasteiger partial charge in [-0.1, -0.05) is 0 Å². The molecule has 2 fully saturated rings. The minimum absolute atomic E-state index is 0.207. The molecule has 2 aliphatic rings. The summed E-state index contributed by atoms with van der Waals surface area (Å²) in [5.74, 6) is -6.71. The Hall–Kier alpha value is -3.32. The highest BCUT2D eigenvalue weighted by Gasteiger charge is 2.51. The van der Waals surface area contributed by atoms with Gasteiger partial charge in [0.25, 0.3) is 0 Å². The zero-order valence-electron chi connectivity index (χ0n) is 20.3. The molecule has 37 heavy (non-hydrogen) atoms. The van der Waals surface area contributed by atoms with Crippen molar-refractivity contribution in [2.75, 3.05) is 6.54 Å². The summed E-state index contributed by atoms with van der Waals surface area (Å²) in [5.41, 5.74) is -1.23. The van der Waals surface area contributed by atoms with Gasteiger partial charge in [-0.15, -0.1) is 0 Å². The van der Waals surface area contributed by atoms with Crippen LogP contribution in [0.1, 0.15) is 45.6 Å². The van der Waals surface area contributed by atoms with Crippen LogP contribution in [0.2, 0.25) is 0 Å². The highest BCUT2D eigenvalue weighted by molar-refractivity contribution is 6.05. The second kappa shape index (κ2) is 10.2. The number of fused-ring (bicyclic) bond motifs is 2. The molecule has 2 bridgehead atoms. The van der Waals surface area contributed by atoms with E-state index >= 15 is 0 Å². The number of ether oxygens (including phenoxy) is 1. The van der Waals surface area contributed by atoms with E-state index in [1.165, 1.54) is 4.90 Å². The summed E-state index contributed by atoms with van der Waals surface area (Å²) in [7, 11) is 0. The summed E-state index contributed by atoms with van der Waals surface area (Å²) in [4.78, 5) is 27.4. The van der Waals surface area contributed by atoms with Gasteiger partial charge in [-0.3, -0.25) is 15.6 Å². The van der Waals surface area contributed by atoms with E-state index < -0.39 is 90.4 Å². The highest BCUT2D eigenvalue weighted by Crippen LogP contribution is 2.34.